The number of alkyl halides is 6. The minimum atomic E-state index is -4.95. The smallest absolute Gasteiger partial charge is 0.354 e. The Balaban J connectivity index is 2.85. The Morgan fingerprint density at radius 2 is 1.56 bits per heavy atom. The second kappa shape index (κ2) is 8.52. The maximum atomic E-state index is 12.8. The predicted molar refractivity (Wildman–Crippen MR) is 79.4 cm³/mol. The summed E-state index contributed by atoms with van der Waals surface area (Å²) in [5.74, 6) is -0.712. The fraction of sp³-hybridized carbons (Fsp3) is 0.533. The first-order valence-corrected chi connectivity index (χ1v) is 7.44. The van der Waals surface area contributed by atoms with Crippen molar-refractivity contribution in [1.29, 1.82) is 0 Å². The summed E-state index contributed by atoms with van der Waals surface area (Å²) in [5, 5.41) is 2.39. The molecule has 0 aromatic heterocycles. The van der Waals surface area contributed by atoms with Gasteiger partial charge < -0.3 is 16.8 Å². The van der Waals surface area contributed by atoms with Crippen LogP contribution < -0.4 is 16.8 Å². The van der Waals surface area contributed by atoms with Crippen molar-refractivity contribution in [1.82, 2.24) is 5.32 Å². The molecule has 0 saturated heterocycles. The van der Waals surface area contributed by atoms with Crippen molar-refractivity contribution >= 4 is 5.91 Å². The van der Waals surface area contributed by atoms with Crippen LogP contribution in [0.2, 0.25) is 0 Å². The molecule has 1 aromatic carbocycles. The molecule has 0 spiro atoms. The normalized spacial score (nSPS) is 13.6. The fourth-order valence-corrected chi connectivity index (χ4v) is 2.10. The summed E-state index contributed by atoms with van der Waals surface area (Å²) in [6.45, 7) is 0.482. The average molecular weight is 371 g/mol. The second-order valence-electron chi connectivity index (χ2n) is 5.59. The summed E-state index contributed by atoms with van der Waals surface area (Å²) in [4.78, 5) is 11.8. The highest BCUT2D eigenvalue weighted by Crippen LogP contribution is 2.36. The van der Waals surface area contributed by atoms with Crippen molar-refractivity contribution in [2.75, 3.05) is 13.1 Å². The van der Waals surface area contributed by atoms with Crippen LogP contribution in [0, 0.1) is 0 Å². The molecule has 0 heterocycles. The Morgan fingerprint density at radius 3 is 2.00 bits per heavy atom. The van der Waals surface area contributed by atoms with Gasteiger partial charge in [-0.3, -0.25) is 4.79 Å². The lowest BCUT2D eigenvalue weighted by molar-refractivity contribution is -0.143. The number of hydrogen-bond acceptors (Lipinski definition) is 3. The van der Waals surface area contributed by atoms with Gasteiger partial charge in [-0.25, -0.2) is 0 Å². The predicted octanol–water partition coefficient (Wildman–Crippen LogP) is 2.45. The number of rotatable bonds is 7. The van der Waals surface area contributed by atoms with Crippen molar-refractivity contribution in [3.05, 3.63) is 34.9 Å². The number of benzene rings is 1. The van der Waals surface area contributed by atoms with Gasteiger partial charge in [0, 0.05) is 12.6 Å². The molecule has 142 valence electrons. The van der Waals surface area contributed by atoms with E-state index in [9.17, 15) is 31.1 Å². The Bertz CT molecular complexity index is 553. The lowest BCUT2D eigenvalue weighted by atomic mass is 10.0. The molecule has 1 rings (SSSR count). The van der Waals surface area contributed by atoms with E-state index in [0.717, 1.165) is 0 Å². The van der Waals surface area contributed by atoms with Crippen LogP contribution >= 0.6 is 0 Å². The van der Waals surface area contributed by atoms with E-state index < -0.39 is 35.8 Å². The SMILES string of the molecule is NCCC[C@H](N)CNC(=O)Cc1cc(C(F)(F)F)cc(C(F)(F)F)c1. The molecule has 0 aliphatic heterocycles. The summed E-state index contributed by atoms with van der Waals surface area (Å²) in [5.41, 5.74) is 7.72. The molecule has 0 saturated carbocycles. The topological polar surface area (TPSA) is 81.1 Å². The molecule has 0 unspecified atom stereocenters. The highest BCUT2D eigenvalue weighted by Gasteiger charge is 2.36. The Morgan fingerprint density at radius 1 is 1.04 bits per heavy atom. The zero-order chi connectivity index (χ0) is 19.3. The molecule has 0 bridgehead atoms. The van der Waals surface area contributed by atoms with Gasteiger partial charge in [0.1, 0.15) is 0 Å². The van der Waals surface area contributed by atoms with Crippen LogP contribution in [-0.4, -0.2) is 25.0 Å². The summed E-state index contributed by atoms with van der Waals surface area (Å²) in [6.07, 6.45) is -9.33. The van der Waals surface area contributed by atoms with E-state index in [1.807, 2.05) is 0 Å². The molecule has 1 amide bonds. The molecule has 0 aliphatic rings. The van der Waals surface area contributed by atoms with Crippen molar-refractivity contribution in [2.24, 2.45) is 11.5 Å². The van der Waals surface area contributed by atoms with Gasteiger partial charge in [-0.15, -0.1) is 0 Å². The van der Waals surface area contributed by atoms with E-state index in [1.54, 1.807) is 0 Å². The third kappa shape index (κ3) is 7.30. The van der Waals surface area contributed by atoms with E-state index in [0.29, 0.717) is 31.5 Å². The largest absolute Gasteiger partial charge is 0.416 e. The third-order valence-electron chi connectivity index (χ3n) is 3.35. The standard InChI is InChI=1S/C15H19F6N3O/c16-14(17,18)10-4-9(5-11(7-10)15(19,20)21)6-13(25)24-8-12(23)2-1-3-22/h4-5,7,12H,1-3,6,8,22-23H2,(H,24,25)/t12-/m0/s1. The third-order valence-corrected chi connectivity index (χ3v) is 3.35. The molecule has 10 heteroatoms. The average Bonchev–Trinajstić information content (AvgIpc) is 2.49. The number of nitrogens with two attached hydrogens (primary N) is 2. The van der Waals surface area contributed by atoms with Gasteiger partial charge in [0.25, 0.3) is 0 Å². The van der Waals surface area contributed by atoms with E-state index in [1.165, 1.54) is 0 Å². The van der Waals surface area contributed by atoms with Crippen molar-refractivity contribution < 1.29 is 31.1 Å². The van der Waals surface area contributed by atoms with E-state index >= 15 is 0 Å². The Hall–Kier alpha value is -1.81. The molecule has 5 N–H and O–H groups in total. The van der Waals surface area contributed by atoms with Crippen molar-refractivity contribution in [2.45, 2.75) is 37.7 Å². The van der Waals surface area contributed by atoms with Crippen LogP contribution in [0.1, 0.15) is 29.5 Å². The molecule has 25 heavy (non-hydrogen) atoms. The molecule has 0 radical (unpaired) electrons. The van der Waals surface area contributed by atoms with Crippen molar-refractivity contribution in [3.8, 4) is 0 Å². The van der Waals surface area contributed by atoms with Crippen LogP contribution in [0.25, 0.3) is 0 Å². The first kappa shape index (κ1) is 21.2. The van der Waals surface area contributed by atoms with Gasteiger partial charge in [-0.1, -0.05) is 0 Å². The van der Waals surface area contributed by atoms with Crippen LogP contribution in [-0.2, 0) is 23.6 Å². The highest BCUT2D eigenvalue weighted by molar-refractivity contribution is 5.78. The second-order valence-corrected chi connectivity index (χ2v) is 5.59. The van der Waals surface area contributed by atoms with Gasteiger partial charge in [-0.2, -0.15) is 26.3 Å². The van der Waals surface area contributed by atoms with Crippen molar-refractivity contribution in [3.63, 3.8) is 0 Å². The number of nitrogens with one attached hydrogen (secondary N) is 1. The highest BCUT2D eigenvalue weighted by atomic mass is 19.4. The van der Waals surface area contributed by atoms with Gasteiger partial charge in [0.2, 0.25) is 5.91 Å². The quantitative estimate of drug-likeness (QED) is 0.644. The van der Waals surface area contributed by atoms with Gasteiger partial charge >= 0.3 is 12.4 Å². The van der Waals surface area contributed by atoms with E-state index in [-0.39, 0.29) is 24.2 Å². The van der Waals surface area contributed by atoms with E-state index in [4.69, 9.17) is 11.5 Å². The maximum absolute atomic E-state index is 12.8. The number of halogens is 6. The van der Waals surface area contributed by atoms with Crippen LogP contribution in [0.15, 0.2) is 18.2 Å². The lowest BCUT2D eigenvalue weighted by Gasteiger charge is -2.15. The minimum Gasteiger partial charge on any atom is -0.354 e. The Kier molecular flexibility index (Phi) is 7.24. The molecule has 1 atom stereocenters. The molecular weight excluding hydrogens is 352 g/mol. The first-order chi connectivity index (χ1) is 11.4. The maximum Gasteiger partial charge on any atom is 0.416 e. The molecule has 0 fully saturated rings. The van der Waals surface area contributed by atoms with Crippen LogP contribution in [0.3, 0.4) is 0 Å². The summed E-state index contributed by atoms with van der Waals surface area (Å²) < 4.78 is 76.5. The first-order valence-electron chi connectivity index (χ1n) is 7.44. The van der Waals surface area contributed by atoms with Crippen LogP contribution in [0.4, 0.5) is 26.3 Å². The molecule has 4 nitrogen and oxygen atoms in total. The zero-order valence-corrected chi connectivity index (χ0v) is 13.2. The number of amides is 1. The molecule has 1 aromatic rings. The number of carbonyl (C=O) groups is 1. The monoisotopic (exact) mass is 371 g/mol. The molecular formula is C15H19F6N3O. The van der Waals surface area contributed by atoms with E-state index in [2.05, 4.69) is 5.32 Å². The number of carbonyl (C=O) groups excluding carboxylic acids is 1. The summed E-state index contributed by atoms with van der Waals surface area (Å²) in [7, 11) is 0. The molecule has 0 aliphatic carbocycles. The summed E-state index contributed by atoms with van der Waals surface area (Å²) in [6, 6.07) is 0.691. The number of hydrogen-bond donors (Lipinski definition) is 3. The lowest BCUT2D eigenvalue weighted by Crippen LogP contribution is -2.38. The van der Waals surface area contributed by atoms with Crippen LogP contribution in [0.5, 0.6) is 0 Å². The van der Waals surface area contributed by atoms with Gasteiger partial charge in [-0.05, 0) is 43.1 Å². The minimum absolute atomic E-state index is 0.0180. The Labute approximate surface area is 140 Å². The van der Waals surface area contributed by atoms with Gasteiger partial charge in [0.05, 0.1) is 17.5 Å². The fourth-order valence-electron chi connectivity index (χ4n) is 2.10. The summed E-state index contributed by atoms with van der Waals surface area (Å²) >= 11 is 0. The zero-order valence-electron chi connectivity index (χ0n) is 13.2. The van der Waals surface area contributed by atoms with Gasteiger partial charge in [0.15, 0.2) is 0 Å².